The Morgan fingerprint density at radius 1 is 1.50 bits per heavy atom. The summed E-state index contributed by atoms with van der Waals surface area (Å²) in [6.45, 7) is 3.42. The van der Waals surface area contributed by atoms with Gasteiger partial charge in [0.05, 0.1) is 19.8 Å². The third-order valence-electron chi connectivity index (χ3n) is 3.20. The Balaban J connectivity index is 3.21. The summed E-state index contributed by atoms with van der Waals surface area (Å²) in [5.74, 6) is 0.609. The van der Waals surface area contributed by atoms with Crippen LogP contribution in [0.2, 0.25) is 0 Å². The van der Waals surface area contributed by atoms with Crippen LogP contribution in [0.3, 0.4) is 0 Å². The highest BCUT2D eigenvalue weighted by Crippen LogP contribution is 2.29. The number of hydrogen-bond acceptors (Lipinski definition) is 3. The second-order valence-corrected chi connectivity index (χ2v) is 4.26. The third-order valence-corrected chi connectivity index (χ3v) is 3.20. The van der Waals surface area contributed by atoms with Crippen molar-refractivity contribution in [2.75, 3.05) is 20.8 Å². The summed E-state index contributed by atoms with van der Waals surface area (Å²) in [7, 11) is 3.27. The number of methoxy groups -OCH3 is 1. The fraction of sp³-hybridized carbons (Fsp3) is 0.500. The van der Waals surface area contributed by atoms with Crippen LogP contribution in [0.15, 0.2) is 18.2 Å². The van der Waals surface area contributed by atoms with Crippen LogP contribution in [0.5, 0.6) is 5.75 Å². The second-order valence-electron chi connectivity index (χ2n) is 4.26. The number of aliphatic hydroxyl groups excluding tert-OH is 1. The largest absolute Gasteiger partial charge is 0.496 e. The molecular weight excluding hydrogens is 230 g/mol. The van der Waals surface area contributed by atoms with E-state index < -0.39 is 0 Å². The van der Waals surface area contributed by atoms with Crippen molar-refractivity contribution in [1.82, 2.24) is 4.90 Å². The summed E-state index contributed by atoms with van der Waals surface area (Å²) in [6, 6.07) is 5.48. The first-order valence-corrected chi connectivity index (χ1v) is 6.06. The molecule has 0 aliphatic heterocycles. The molecule has 4 heteroatoms. The Labute approximate surface area is 108 Å². The third kappa shape index (κ3) is 3.01. The van der Waals surface area contributed by atoms with E-state index in [2.05, 4.69) is 6.92 Å². The van der Waals surface area contributed by atoms with E-state index in [1.807, 2.05) is 18.2 Å². The summed E-state index contributed by atoms with van der Waals surface area (Å²) in [5, 5.41) is 9.53. The maximum absolute atomic E-state index is 11.4. The lowest BCUT2D eigenvalue weighted by Crippen LogP contribution is -2.31. The van der Waals surface area contributed by atoms with Gasteiger partial charge in [0.1, 0.15) is 5.75 Å². The highest BCUT2D eigenvalue weighted by molar-refractivity contribution is 5.73. The SMILES string of the molecule is CCc1ccc(OC)c(C(CO)N(C)C(C)=O)c1. The molecule has 0 aliphatic carbocycles. The van der Waals surface area contributed by atoms with Gasteiger partial charge in [0.15, 0.2) is 0 Å². The number of aryl methyl sites for hydroxylation is 1. The molecule has 4 nitrogen and oxygen atoms in total. The van der Waals surface area contributed by atoms with Crippen LogP contribution in [0, 0.1) is 0 Å². The van der Waals surface area contributed by atoms with Crippen molar-refractivity contribution in [3.63, 3.8) is 0 Å². The van der Waals surface area contributed by atoms with E-state index in [4.69, 9.17) is 4.74 Å². The minimum atomic E-state index is -0.371. The summed E-state index contributed by atoms with van der Waals surface area (Å²) in [6.07, 6.45) is 0.902. The average molecular weight is 251 g/mol. The van der Waals surface area contributed by atoms with Crippen LogP contribution in [-0.2, 0) is 11.2 Å². The molecule has 18 heavy (non-hydrogen) atoms. The molecule has 0 saturated carbocycles. The lowest BCUT2D eigenvalue weighted by atomic mass is 10.0. The van der Waals surface area contributed by atoms with E-state index in [0.717, 1.165) is 17.5 Å². The van der Waals surface area contributed by atoms with Gasteiger partial charge in [-0.05, 0) is 24.1 Å². The number of aliphatic hydroxyl groups is 1. The van der Waals surface area contributed by atoms with E-state index in [1.165, 1.54) is 11.8 Å². The number of carbonyl (C=O) groups is 1. The second kappa shape index (κ2) is 6.40. The molecule has 1 N–H and O–H groups in total. The molecule has 100 valence electrons. The van der Waals surface area contributed by atoms with Gasteiger partial charge in [0.25, 0.3) is 0 Å². The van der Waals surface area contributed by atoms with Crippen LogP contribution < -0.4 is 4.74 Å². The monoisotopic (exact) mass is 251 g/mol. The molecule has 0 aromatic heterocycles. The number of carbonyl (C=O) groups excluding carboxylic acids is 1. The minimum Gasteiger partial charge on any atom is -0.496 e. The van der Waals surface area contributed by atoms with Gasteiger partial charge >= 0.3 is 0 Å². The molecule has 1 aromatic carbocycles. The fourth-order valence-electron chi connectivity index (χ4n) is 1.91. The van der Waals surface area contributed by atoms with Crippen molar-refractivity contribution in [2.45, 2.75) is 26.3 Å². The number of amides is 1. The van der Waals surface area contributed by atoms with Crippen molar-refractivity contribution in [3.8, 4) is 5.75 Å². The van der Waals surface area contributed by atoms with Gasteiger partial charge in [-0.15, -0.1) is 0 Å². The molecule has 1 amide bonds. The van der Waals surface area contributed by atoms with Crippen molar-refractivity contribution in [3.05, 3.63) is 29.3 Å². The number of hydrogen-bond donors (Lipinski definition) is 1. The summed E-state index contributed by atoms with van der Waals surface area (Å²) in [4.78, 5) is 13.0. The minimum absolute atomic E-state index is 0.0852. The van der Waals surface area contributed by atoms with E-state index in [0.29, 0.717) is 5.75 Å². The van der Waals surface area contributed by atoms with Gasteiger partial charge in [-0.25, -0.2) is 0 Å². The maximum atomic E-state index is 11.4. The first-order chi connectivity index (χ1) is 8.54. The molecule has 0 radical (unpaired) electrons. The normalized spacial score (nSPS) is 12.1. The Kier molecular flexibility index (Phi) is 5.16. The maximum Gasteiger partial charge on any atom is 0.219 e. The predicted octanol–water partition coefficient (Wildman–Crippen LogP) is 1.77. The summed E-state index contributed by atoms with van der Waals surface area (Å²) in [5.41, 5.74) is 2.00. The standard InChI is InChI=1S/C14H21NO3/c1-5-11-6-7-14(18-4)12(8-11)13(9-16)15(3)10(2)17/h6-8,13,16H,5,9H2,1-4H3. The number of nitrogens with zero attached hydrogens (tertiary/aromatic N) is 1. The quantitative estimate of drug-likeness (QED) is 0.867. The molecule has 0 spiro atoms. The van der Waals surface area contributed by atoms with Crippen molar-refractivity contribution in [2.24, 2.45) is 0 Å². The van der Waals surface area contributed by atoms with E-state index >= 15 is 0 Å². The number of rotatable bonds is 5. The highest BCUT2D eigenvalue weighted by atomic mass is 16.5. The number of benzene rings is 1. The first kappa shape index (κ1) is 14.5. The van der Waals surface area contributed by atoms with Crippen LogP contribution in [-0.4, -0.2) is 36.7 Å². The Bertz CT molecular complexity index is 418. The van der Waals surface area contributed by atoms with Crippen LogP contribution in [0.1, 0.15) is 31.0 Å². The van der Waals surface area contributed by atoms with Crippen molar-refractivity contribution < 1.29 is 14.6 Å². The van der Waals surface area contributed by atoms with Gasteiger partial charge in [-0.3, -0.25) is 4.79 Å². The van der Waals surface area contributed by atoms with E-state index in [9.17, 15) is 9.90 Å². The van der Waals surface area contributed by atoms with Crippen LogP contribution >= 0.6 is 0 Å². The molecule has 0 fully saturated rings. The Morgan fingerprint density at radius 3 is 2.61 bits per heavy atom. The summed E-state index contributed by atoms with van der Waals surface area (Å²) < 4.78 is 5.31. The van der Waals surface area contributed by atoms with Gasteiger partial charge in [0.2, 0.25) is 5.91 Å². The summed E-state index contributed by atoms with van der Waals surface area (Å²) >= 11 is 0. The lowest BCUT2D eigenvalue weighted by Gasteiger charge is -2.27. The fourth-order valence-corrected chi connectivity index (χ4v) is 1.91. The van der Waals surface area contributed by atoms with Crippen LogP contribution in [0.25, 0.3) is 0 Å². The molecule has 1 atom stereocenters. The van der Waals surface area contributed by atoms with Gasteiger partial charge in [-0.1, -0.05) is 13.0 Å². The highest BCUT2D eigenvalue weighted by Gasteiger charge is 2.22. The molecule has 0 heterocycles. The topological polar surface area (TPSA) is 49.8 Å². The average Bonchev–Trinajstić information content (AvgIpc) is 2.39. The smallest absolute Gasteiger partial charge is 0.219 e. The predicted molar refractivity (Wildman–Crippen MR) is 70.6 cm³/mol. The molecule has 0 bridgehead atoms. The van der Waals surface area contributed by atoms with E-state index in [-0.39, 0.29) is 18.6 Å². The van der Waals surface area contributed by atoms with Crippen LogP contribution in [0.4, 0.5) is 0 Å². The molecule has 0 aliphatic rings. The zero-order valence-electron chi connectivity index (χ0n) is 11.4. The molecule has 1 aromatic rings. The van der Waals surface area contributed by atoms with Gasteiger partial charge < -0.3 is 14.7 Å². The molecular formula is C14H21NO3. The molecule has 0 saturated heterocycles. The Morgan fingerprint density at radius 2 is 2.17 bits per heavy atom. The number of ether oxygens (including phenoxy) is 1. The van der Waals surface area contributed by atoms with Crippen molar-refractivity contribution in [1.29, 1.82) is 0 Å². The van der Waals surface area contributed by atoms with Gasteiger partial charge in [0, 0.05) is 19.5 Å². The first-order valence-electron chi connectivity index (χ1n) is 6.06. The Hall–Kier alpha value is -1.55. The van der Waals surface area contributed by atoms with Gasteiger partial charge in [-0.2, -0.15) is 0 Å². The molecule has 1 rings (SSSR count). The number of likely N-dealkylation sites (N-methyl/N-ethyl adjacent to an activating group) is 1. The zero-order chi connectivity index (χ0) is 13.7. The zero-order valence-corrected chi connectivity index (χ0v) is 11.4. The lowest BCUT2D eigenvalue weighted by molar-refractivity contribution is -0.130. The van der Waals surface area contributed by atoms with E-state index in [1.54, 1.807) is 14.2 Å². The molecule has 1 unspecified atom stereocenters. The van der Waals surface area contributed by atoms with Crippen molar-refractivity contribution >= 4 is 5.91 Å².